The van der Waals surface area contributed by atoms with Gasteiger partial charge in [-0.2, -0.15) is 0 Å². The summed E-state index contributed by atoms with van der Waals surface area (Å²) in [5.74, 6) is -0.462. The Bertz CT molecular complexity index is 662. The number of alkyl halides is 1. The summed E-state index contributed by atoms with van der Waals surface area (Å²) in [7, 11) is 2.77. The van der Waals surface area contributed by atoms with Gasteiger partial charge in [0, 0.05) is 24.6 Å². The Balaban J connectivity index is 0.00000151. The SMILES string of the molecule is CCl.COC(=O)[C@@H](OC)[C@H](N)Cc1ccc(-c2cccc(Cl)c2)cc1. The summed E-state index contributed by atoms with van der Waals surface area (Å²) in [6, 6.07) is 15.2. The van der Waals surface area contributed by atoms with E-state index < -0.39 is 18.1 Å². The van der Waals surface area contributed by atoms with Crippen LogP contribution in [0.15, 0.2) is 48.5 Å². The normalized spacial score (nSPS) is 12.6. The van der Waals surface area contributed by atoms with E-state index in [9.17, 15) is 4.79 Å². The highest BCUT2D eigenvalue weighted by molar-refractivity contribution is 6.30. The van der Waals surface area contributed by atoms with Gasteiger partial charge in [-0.15, -0.1) is 11.6 Å². The molecule has 2 rings (SSSR count). The average Bonchev–Trinajstić information content (AvgIpc) is 2.64. The molecule has 4 nitrogen and oxygen atoms in total. The van der Waals surface area contributed by atoms with Crippen molar-refractivity contribution in [1.82, 2.24) is 0 Å². The Morgan fingerprint density at radius 1 is 1.08 bits per heavy atom. The Hall–Kier alpha value is -1.59. The van der Waals surface area contributed by atoms with Crippen molar-refractivity contribution in [3.63, 3.8) is 0 Å². The smallest absolute Gasteiger partial charge is 0.336 e. The molecule has 0 bridgehead atoms. The maximum Gasteiger partial charge on any atom is 0.336 e. The van der Waals surface area contributed by atoms with Crippen LogP contribution < -0.4 is 5.73 Å². The molecule has 25 heavy (non-hydrogen) atoms. The monoisotopic (exact) mass is 383 g/mol. The first-order valence-electron chi connectivity index (χ1n) is 7.64. The number of carbonyl (C=O) groups excluding carboxylic acids is 1. The largest absolute Gasteiger partial charge is 0.467 e. The lowest BCUT2D eigenvalue weighted by atomic mass is 9.99. The topological polar surface area (TPSA) is 61.5 Å². The van der Waals surface area contributed by atoms with Crippen LogP contribution in [0.2, 0.25) is 5.02 Å². The number of ether oxygens (including phenoxy) is 2. The maximum absolute atomic E-state index is 11.6. The third-order valence-corrected chi connectivity index (χ3v) is 3.89. The van der Waals surface area contributed by atoms with Crippen LogP contribution in [-0.2, 0) is 20.7 Å². The summed E-state index contributed by atoms with van der Waals surface area (Å²) < 4.78 is 9.82. The van der Waals surface area contributed by atoms with E-state index in [4.69, 9.17) is 26.8 Å². The van der Waals surface area contributed by atoms with Crippen molar-refractivity contribution in [2.75, 3.05) is 20.6 Å². The van der Waals surface area contributed by atoms with Gasteiger partial charge in [0.2, 0.25) is 0 Å². The van der Waals surface area contributed by atoms with Crippen molar-refractivity contribution < 1.29 is 14.3 Å². The predicted octanol–water partition coefficient (Wildman–Crippen LogP) is 3.92. The molecule has 0 saturated carbocycles. The lowest BCUT2D eigenvalue weighted by molar-refractivity contribution is -0.153. The fourth-order valence-corrected chi connectivity index (χ4v) is 2.63. The van der Waals surface area contributed by atoms with Crippen LogP contribution in [0.25, 0.3) is 11.1 Å². The zero-order valence-corrected chi connectivity index (χ0v) is 16.1. The molecule has 0 heterocycles. The first-order chi connectivity index (χ1) is 12.0. The van der Waals surface area contributed by atoms with E-state index in [0.29, 0.717) is 11.4 Å². The fourth-order valence-electron chi connectivity index (χ4n) is 2.44. The minimum absolute atomic E-state index is 0.462. The molecule has 0 saturated heterocycles. The molecular formula is C19H23Cl2NO3. The second-order valence-corrected chi connectivity index (χ2v) is 5.69. The van der Waals surface area contributed by atoms with Crippen molar-refractivity contribution in [2.45, 2.75) is 18.6 Å². The van der Waals surface area contributed by atoms with E-state index in [1.54, 1.807) is 0 Å². The second-order valence-electron chi connectivity index (χ2n) is 5.25. The van der Waals surface area contributed by atoms with Gasteiger partial charge in [0.15, 0.2) is 6.10 Å². The Kier molecular flexibility index (Phi) is 9.53. The van der Waals surface area contributed by atoms with Crippen LogP contribution in [-0.4, -0.2) is 38.7 Å². The molecule has 6 heteroatoms. The number of carbonyl (C=O) groups is 1. The molecule has 2 aromatic rings. The maximum atomic E-state index is 11.6. The van der Waals surface area contributed by atoms with Crippen molar-refractivity contribution in [1.29, 1.82) is 0 Å². The number of methoxy groups -OCH3 is 2. The number of hydrogen-bond acceptors (Lipinski definition) is 4. The molecule has 136 valence electrons. The van der Waals surface area contributed by atoms with Crippen molar-refractivity contribution in [2.24, 2.45) is 5.73 Å². The summed E-state index contributed by atoms with van der Waals surface area (Å²) >= 11 is 10.7. The molecule has 0 unspecified atom stereocenters. The lowest BCUT2D eigenvalue weighted by Crippen LogP contribution is -2.44. The summed E-state index contributed by atoms with van der Waals surface area (Å²) in [5, 5.41) is 0.703. The summed E-state index contributed by atoms with van der Waals surface area (Å²) in [6.45, 7) is 0. The molecule has 2 aromatic carbocycles. The van der Waals surface area contributed by atoms with Crippen molar-refractivity contribution in [3.05, 3.63) is 59.1 Å². The summed E-state index contributed by atoms with van der Waals surface area (Å²) in [4.78, 5) is 11.6. The average molecular weight is 384 g/mol. The fraction of sp³-hybridized carbons (Fsp3) is 0.316. The van der Waals surface area contributed by atoms with E-state index >= 15 is 0 Å². The van der Waals surface area contributed by atoms with Crippen molar-refractivity contribution in [3.8, 4) is 11.1 Å². The van der Waals surface area contributed by atoms with Crippen LogP contribution >= 0.6 is 23.2 Å². The molecule has 0 aliphatic heterocycles. The van der Waals surface area contributed by atoms with Gasteiger partial charge in [0.25, 0.3) is 0 Å². The quantitative estimate of drug-likeness (QED) is 0.606. The van der Waals surface area contributed by atoms with Gasteiger partial charge < -0.3 is 15.2 Å². The zero-order chi connectivity index (χ0) is 18.8. The Labute approximate surface area is 158 Å². The van der Waals surface area contributed by atoms with E-state index in [2.05, 4.69) is 11.6 Å². The van der Waals surface area contributed by atoms with Gasteiger partial charge in [-0.1, -0.05) is 48.0 Å². The van der Waals surface area contributed by atoms with E-state index in [0.717, 1.165) is 16.7 Å². The highest BCUT2D eigenvalue weighted by Crippen LogP contribution is 2.23. The second kappa shape index (κ2) is 11.1. The van der Waals surface area contributed by atoms with Gasteiger partial charge in [-0.25, -0.2) is 4.79 Å². The molecule has 0 amide bonds. The molecule has 0 radical (unpaired) electrons. The number of rotatable bonds is 6. The van der Waals surface area contributed by atoms with Gasteiger partial charge in [-0.3, -0.25) is 0 Å². The standard InChI is InChI=1S/C18H20ClNO3.CH3Cl/c1-22-17(18(21)23-2)16(20)10-12-6-8-13(9-7-12)14-4-3-5-15(19)11-14;1-2/h3-9,11,16-17H,10,20H2,1-2H3;1H3/t16-,17+;/m1./s1. The van der Waals surface area contributed by atoms with Gasteiger partial charge in [0.05, 0.1) is 7.11 Å². The highest BCUT2D eigenvalue weighted by atomic mass is 35.5. The predicted molar refractivity (Wildman–Crippen MR) is 103 cm³/mol. The number of esters is 1. The number of hydrogen-bond donors (Lipinski definition) is 1. The zero-order valence-electron chi connectivity index (χ0n) is 14.5. The van der Waals surface area contributed by atoms with Crippen molar-refractivity contribution >= 4 is 29.2 Å². The van der Waals surface area contributed by atoms with Gasteiger partial charge >= 0.3 is 5.97 Å². The molecule has 0 aliphatic rings. The number of benzene rings is 2. The van der Waals surface area contributed by atoms with Crippen LogP contribution in [0.3, 0.4) is 0 Å². The highest BCUT2D eigenvalue weighted by Gasteiger charge is 2.26. The molecule has 0 spiro atoms. The van der Waals surface area contributed by atoms with Gasteiger partial charge in [0.1, 0.15) is 0 Å². The van der Waals surface area contributed by atoms with Gasteiger partial charge in [-0.05, 0) is 35.2 Å². The minimum Gasteiger partial charge on any atom is -0.467 e. The third kappa shape index (κ3) is 6.33. The third-order valence-electron chi connectivity index (χ3n) is 3.66. The molecular weight excluding hydrogens is 361 g/mol. The van der Waals surface area contributed by atoms with E-state index in [1.165, 1.54) is 20.6 Å². The van der Waals surface area contributed by atoms with Crippen LogP contribution in [0, 0.1) is 0 Å². The molecule has 0 aliphatic carbocycles. The van der Waals surface area contributed by atoms with E-state index in [1.807, 2.05) is 48.5 Å². The first kappa shape index (κ1) is 21.5. The number of nitrogens with two attached hydrogens (primary N) is 1. The lowest BCUT2D eigenvalue weighted by Gasteiger charge is -2.20. The summed E-state index contributed by atoms with van der Waals surface area (Å²) in [6.07, 6.45) is 1.22. The minimum atomic E-state index is -0.771. The molecule has 2 atom stereocenters. The molecule has 2 N–H and O–H groups in total. The van der Waals surface area contributed by atoms with E-state index in [-0.39, 0.29) is 0 Å². The first-order valence-corrected chi connectivity index (χ1v) is 8.77. The number of halogens is 2. The molecule has 0 aromatic heterocycles. The van der Waals surface area contributed by atoms with Crippen LogP contribution in [0.1, 0.15) is 5.56 Å². The van der Waals surface area contributed by atoms with Crippen LogP contribution in [0.5, 0.6) is 0 Å². The Morgan fingerprint density at radius 3 is 2.24 bits per heavy atom. The summed E-state index contributed by atoms with van der Waals surface area (Å²) in [5.41, 5.74) is 9.21. The Morgan fingerprint density at radius 2 is 1.72 bits per heavy atom. The van der Waals surface area contributed by atoms with Crippen LogP contribution in [0.4, 0.5) is 0 Å². The molecule has 0 fully saturated rings.